The molecular weight excluding hydrogens is 481 g/mol. The summed E-state index contributed by atoms with van der Waals surface area (Å²) in [7, 11) is -0.856. The molecule has 0 unspecified atom stereocenters. The Kier molecular flexibility index (Phi) is 9.00. The maximum absolute atomic E-state index is 12.4. The highest BCUT2D eigenvalue weighted by atomic mass is 35.5. The molecule has 0 saturated carbocycles. The summed E-state index contributed by atoms with van der Waals surface area (Å²) in [6.07, 6.45) is 2.48. The Bertz CT molecular complexity index is 1140. The second-order valence-corrected chi connectivity index (χ2v) is 11.8. The fraction of sp³-hybridized carbons (Fsp3) is 0.273. The molecule has 0 aliphatic carbocycles. The van der Waals surface area contributed by atoms with Gasteiger partial charge in [-0.1, -0.05) is 30.7 Å². The largest absolute Gasteiger partial charge is 0.495 e. The first-order valence-corrected chi connectivity index (χ1v) is 14.0. The van der Waals surface area contributed by atoms with E-state index in [0.717, 1.165) is 28.9 Å². The number of nitrogens with one attached hydrogen (secondary N) is 3. The summed E-state index contributed by atoms with van der Waals surface area (Å²) >= 11 is 7.57. The molecule has 1 aromatic heterocycles. The Balaban J connectivity index is 1.81. The highest BCUT2D eigenvalue weighted by molar-refractivity contribution is 7.94. The molecular formula is C22H27ClN5O3PS. The summed E-state index contributed by atoms with van der Waals surface area (Å²) in [4.78, 5) is 9.66. The Morgan fingerprint density at radius 1 is 1.12 bits per heavy atom. The number of hydroxylamine groups is 1. The van der Waals surface area contributed by atoms with Gasteiger partial charge in [-0.15, -0.1) is 0 Å². The van der Waals surface area contributed by atoms with E-state index in [1.807, 2.05) is 24.3 Å². The van der Waals surface area contributed by atoms with Crippen LogP contribution >= 0.6 is 30.8 Å². The minimum absolute atomic E-state index is 0.329. The normalized spacial score (nSPS) is 11.3. The lowest BCUT2D eigenvalue weighted by atomic mass is 10.3. The summed E-state index contributed by atoms with van der Waals surface area (Å²) in [5.41, 5.74) is 4.33. The van der Waals surface area contributed by atoms with Crippen LogP contribution in [0.1, 0.15) is 13.3 Å². The van der Waals surface area contributed by atoms with Crippen LogP contribution in [0.25, 0.3) is 0 Å². The van der Waals surface area contributed by atoms with Crippen molar-refractivity contribution in [1.29, 1.82) is 0 Å². The molecule has 176 valence electrons. The van der Waals surface area contributed by atoms with E-state index in [1.165, 1.54) is 18.2 Å². The van der Waals surface area contributed by atoms with E-state index >= 15 is 0 Å². The monoisotopic (exact) mass is 507 g/mol. The molecule has 0 aliphatic heterocycles. The van der Waals surface area contributed by atoms with Crippen molar-refractivity contribution < 1.29 is 13.6 Å². The average Bonchev–Trinajstić information content (AvgIpc) is 2.79. The zero-order chi connectivity index (χ0) is 23.8. The smallest absolute Gasteiger partial charge is 0.229 e. The number of anilines is 4. The van der Waals surface area contributed by atoms with Gasteiger partial charge in [0.15, 0.2) is 5.82 Å². The number of methoxy groups -OCH3 is 1. The third kappa shape index (κ3) is 7.09. The van der Waals surface area contributed by atoms with Gasteiger partial charge < -0.3 is 19.9 Å². The van der Waals surface area contributed by atoms with Gasteiger partial charge in [0.25, 0.3) is 0 Å². The average molecular weight is 508 g/mol. The molecule has 11 heteroatoms. The summed E-state index contributed by atoms with van der Waals surface area (Å²) in [6, 6.07) is 13.0. The maximum atomic E-state index is 12.4. The van der Waals surface area contributed by atoms with Crippen LogP contribution in [0, 0.1) is 0 Å². The van der Waals surface area contributed by atoms with Crippen molar-refractivity contribution >= 4 is 59.2 Å². The standard InChI is InChI=1S/C22H27ClN5O3PS/c1-5-12-25-31-33-20-9-7-6-8-18(20)26-21-16(23)14-24-22(28-21)27-17-11-10-15(32(3,4)29)13-19(17)30-2/h6-11,13-14,25H,5,12H2,1-4H3,(H2,24,26,27,28). The van der Waals surface area contributed by atoms with Crippen molar-refractivity contribution in [3.63, 3.8) is 0 Å². The Morgan fingerprint density at radius 2 is 1.91 bits per heavy atom. The van der Waals surface area contributed by atoms with E-state index in [9.17, 15) is 4.57 Å². The molecule has 0 aliphatic rings. The van der Waals surface area contributed by atoms with Gasteiger partial charge in [-0.2, -0.15) is 10.5 Å². The minimum Gasteiger partial charge on any atom is -0.495 e. The van der Waals surface area contributed by atoms with E-state index in [0.29, 0.717) is 28.2 Å². The molecule has 0 radical (unpaired) electrons. The van der Waals surface area contributed by atoms with Crippen LogP contribution in [0.15, 0.2) is 53.6 Å². The van der Waals surface area contributed by atoms with Crippen LogP contribution < -0.4 is 26.2 Å². The summed E-state index contributed by atoms with van der Waals surface area (Å²) < 4.78 is 23.3. The first-order chi connectivity index (χ1) is 15.8. The van der Waals surface area contributed by atoms with Gasteiger partial charge in [-0.25, -0.2) is 9.27 Å². The van der Waals surface area contributed by atoms with E-state index in [4.69, 9.17) is 20.6 Å². The van der Waals surface area contributed by atoms with Gasteiger partial charge in [0.05, 0.1) is 41.6 Å². The highest BCUT2D eigenvalue weighted by Gasteiger charge is 2.16. The number of hydrogen-bond acceptors (Lipinski definition) is 9. The van der Waals surface area contributed by atoms with Gasteiger partial charge in [0.1, 0.15) is 17.9 Å². The van der Waals surface area contributed by atoms with Crippen molar-refractivity contribution in [2.45, 2.75) is 18.2 Å². The first kappa shape index (κ1) is 25.3. The molecule has 0 amide bonds. The van der Waals surface area contributed by atoms with Crippen LogP contribution in [-0.4, -0.2) is 37.0 Å². The van der Waals surface area contributed by atoms with E-state index in [2.05, 4.69) is 33.0 Å². The second-order valence-electron chi connectivity index (χ2n) is 7.43. The lowest BCUT2D eigenvalue weighted by Gasteiger charge is -2.15. The van der Waals surface area contributed by atoms with Crippen LogP contribution in [-0.2, 0) is 8.85 Å². The van der Waals surface area contributed by atoms with Gasteiger partial charge >= 0.3 is 0 Å². The fourth-order valence-electron chi connectivity index (χ4n) is 2.74. The first-order valence-electron chi connectivity index (χ1n) is 10.3. The van der Waals surface area contributed by atoms with Gasteiger partial charge in [0, 0.05) is 11.8 Å². The van der Waals surface area contributed by atoms with Crippen molar-refractivity contribution in [1.82, 2.24) is 15.4 Å². The second kappa shape index (κ2) is 11.7. The van der Waals surface area contributed by atoms with Crippen LogP contribution in [0.3, 0.4) is 0 Å². The number of para-hydroxylation sites is 1. The quantitative estimate of drug-likeness (QED) is 0.128. The molecule has 3 N–H and O–H groups in total. The predicted octanol–water partition coefficient (Wildman–Crippen LogP) is 5.81. The number of aromatic nitrogens is 2. The lowest BCUT2D eigenvalue weighted by Crippen LogP contribution is -2.10. The summed E-state index contributed by atoms with van der Waals surface area (Å²) in [5, 5.41) is 7.49. The van der Waals surface area contributed by atoms with E-state index in [-0.39, 0.29) is 0 Å². The fourth-order valence-corrected chi connectivity index (χ4v) is 4.32. The van der Waals surface area contributed by atoms with Gasteiger partial charge in [-0.3, -0.25) is 0 Å². The van der Waals surface area contributed by atoms with Crippen LogP contribution in [0.5, 0.6) is 5.75 Å². The third-order valence-corrected chi connectivity index (χ3v) is 7.02. The third-order valence-electron chi connectivity index (χ3n) is 4.48. The minimum atomic E-state index is -2.41. The number of halogens is 1. The van der Waals surface area contributed by atoms with Crippen LogP contribution in [0.2, 0.25) is 5.02 Å². The molecule has 1 heterocycles. The van der Waals surface area contributed by atoms with E-state index < -0.39 is 7.14 Å². The van der Waals surface area contributed by atoms with Gasteiger partial charge in [0.2, 0.25) is 5.95 Å². The highest BCUT2D eigenvalue weighted by Crippen LogP contribution is 2.38. The lowest BCUT2D eigenvalue weighted by molar-refractivity contribution is 0.239. The van der Waals surface area contributed by atoms with Crippen LogP contribution in [0.4, 0.5) is 23.1 Å². The Hall–Kier alpha value is -2.29. The number of benzene rings is 2. The molecule has 3 rings (SSSR count). The molecule has 0 fully saturated rings. The molecule has 0 saturated heterocycles. The van der Waals surface area contributed by atoms with Crippen molar-refractivity contribution in [2.24, 2.45) is 0 Å². The zero-order valence-corrected chi connectivity index (χ0v) is 21.4. The number of ether oxygens (including phenoxy) is 1. The SMILES string of the molecule is CCCNOSc1ccccc1Nc1nc(Nc2ccc(P(C)(C)=O)cc2OC)ncc1Cl. The molecule has 8 nitrogen and oxygen atoms in total. The molecule has 0 atom stereocenters. The molecule has 2 aromatic carbocycles. The molecule has 33 heavy (non-hydrogen) atoms. The van der Waals surface area contributed by atoms with Crippen molar-refractivity contribution in [3.05, 3.63) is 53.7 Å². The van der Waals surface area contributed by atoms with Crippen molar-refractivity contribution in [2.75, 3.05) is 37.6 Å². The van der Waals surface area contributed by atoms with E-state index in [1.54, 1.807) is 38.6 Å². The number of nitrogens with zero attached hydrogens (tertiary/aromatic N) is 2. The Morgan fingerprint density at radius 3 is 2.64 bits per heavy atom. The maximum Gasteiger partial charge on any atom is 0.229 e. The topological polar surface area (TPSA) is 97.4 Å². The van der Waals surface area contributed by atoms with Gasteiger partial charge in [-0.05, 0) is 50.1 Å². The number of hydrogen-bond donors (Lipinski definition) is 3. The molecule has 3 aromatic rings. The van der Waals surface area contributed by atoms with Crippen molar-refractivity contribution in [3.8, 4) is 5.75 Å². The summed E-state index contributed by atoms with van der Waals surface area (Å²) in [5.74, 6) is 1.31. The summed E-state index contributed by atoms with van der Waals surface area (Å²) in [6.45, 7) is 6.26. The predicted molar refractivity (Wildman–Crippen MR) is 137 cm³/mol. The number of rotatable bonds is 11. The molecule has 0 bridgehead atoms. The zero-order valence-electron chi connectivity index (χ0n) is 18.9. The Labute approximate surface area is 203 Å². The molecule has 0 spiro atoms.